The van der Waals surface area contributed by atoms with Crippen LogP contribution in [0.2, 0.25) is 0 Å². The number of anilines is 1. The smallest absolute Gasteiger partial charge is 0.416 e. The highest BCUT2D eigenvalue weighted by atomic mass is 19.4. The number of phenolic OH excluding ortho intramolecular Hbond substituents is 1. The summed E-state index contributed by atoms with van der Waals surface area (Å²) < 4.78 is 64.1. The van der Waals surface area contributed by atoms with E-state index in [9.17, 15) is 27.1 Å². The molecule has 0 amide bonds. The topological polar surface area (TPSA) is 71.5 Å². The second-order valence-corrected chi connectivity index (χ2v) is 6.55. The Balaban J connectivity index is 1.87. The number of rotatable bonds is 3. The van der Waals surface area contributed by atoms with Crippen LogP contribution in [-0.2, 0) is 6.18 Å². The van der Waals surface area contributed by atoms with Crippen LogP contribution in [0.5, 0.6) is 5.75 Å². The highest BCUT2D eigenvalue weighted by Crippen LogP contribution is 2.40. The molecule has 1 aliphatic carbocycles. The van der Waals surface area contributed by atoms with Gasteiger partial charge >= 0.3 is 6.18 Å². The summed E-state index contributed by atoms with van der Waals surface area (Å²) in [5.74, 6) is -3.21. The minimum Gasteiger partial charge on any atom is -0.507 e. The number of nitrogens with two attached hydrogens (primary N) is 1. The molecule has 1 aromatic heterocycles. The summed E-state index contributed by atoms with van der Waals surface area (Å²) in [6, 6.07) is 4.07. The highest BCUT2D eigenvalue weighted by molar-refractivity contribution is 5.87. The van der Waals surface area contributed by atoms with Crippen molar-refractivity contribution < 1.29 is 27.1 Å². The van der Waals surface area contributed by atoms with Gasteiger partial charge in [-0.15, -0.1) is 0 Å². The minimum atomic E-state index is -4.58. The number of benzene rings is 1. The Morgan fingerprint density at radius 1 is 1.26 bits per heavy atom. The molecule has 1 heterocycles. The van der Waals surface area contributed by atoms with Gasteiger partial charge in [0.05, 0.1) is 17.3 Å². The fraction of sp³-hybridized carbons (Fsp3) is 0.333. The third kappa shape index (κ3) is 4.01. The molecule has 0 aliphatic heterocycles. The van der Waals surface area contributed by atoms with Gasteiger partial charge in [-0.3, -0.25) is 4.99 Å². The number of aliphatic imine (C=N–C) groups is 1. The van der Waals surface area contributed by atoms with Gasteiger partial charge in [0.25, 0.3) is 5.92 Å². The fourth-order valence-electron chi connectivity index (χ4n) is 2.92. The first kappa shape index (κ1) is 19.1. The van der Waals surface area contributed by atoms with Crippen molar-refractivity contribution in [2.45, 2.75) is 37.9 Å². The van der Waals surface area contributed by atoms with Crippen LogP contribution >= 0.6 is 0 Å². The molecule has 3 N–H and O–H groups in total. The molecular weight excluding hydrogens is 369 g/mol. The summed E-state index contributed by atoms with van der Waals surface area (Å²) in [5, 5.41) is 10.0. The summed E-state index contributed by atoms with van der Waals surface area (Å²) in [7, 11) is 0. The van der Waals surface area contributed by atoms with E-state index in [2.05, 4.69) is 9.98 Å². The number of aryl methyl sites for hydroxylation is 1. The molecule has 1 saturated carbocycles. The number of nitrogen functional groups attached to an aromatic ring is 1. The van der Waals surface area contributed by atoms with Crippen LogP contribution in [0, 0.1) is 6.92 Å². The van der Waals surface area contributed by atoms with Crippen LogP contribution < -0.4 is 5.73 Å². The summed E-state index contributed by atoms with van der Waals surface area (Å²) >= 11 is 0. The second kappa shape index (κ2) is 6.47. The van der Waals surface area contributed by atoms with Crippen molar-refractivity contribution in [2.24, 2.45) is 4.99 Å². The lowest BCUT2D eigenvalue weighted by atomic mass is 9.89. The van der Waals surface area contributed by atoms with Gasteiger partial charge in [0.15, 0.2) is 0 Å². The number of pyridine rings is 1. The summed E-state index contributed by atoms with van der Waals surface area (Å²) in [4.78, 5) is 8.14. The normalized spacial score (nSPS) is 17.3. The number of aromatic hydroxyl groups is 1. The van der Waals surface area contributed by atoms with E-state index in [1.165, 1.54) is 25.3 Å². The van der Waals surface area contributed by atoms with E-state index in [0.29, 0.717) is 11.6 Å². The van der Waals surface area contributed by atoms with Gasteiger partial charge in [0.1, 0.15) is 11.6 Å². The van der Waals surface area contributed by atoms with Crippen LogP contribution in [-0.4, -0.2) is 28.3 Å². The molecule has 1 aromatic carbocycles. The summed E-state index contributed by atoms with van der Waals surface area (Å²) in [6.45, 7) is 1.42. The van der Waals surface area contributed by atoms with E-state index in [1.54, 1.807) is 0 Å². The maximum atomic E-state index is 12.8. The van der Waals surface area contributed by atoms with Crippen LogP contribution in [0.1, 0.15) is 29.5 Å². The van der Waals surface area contributed by atoms with Gasteiger partial charge in [-0.05, 0) is 36.8 Å². The van der Waals surface area contributed by atoms with Gasteiger partial charge in [-0.25, -0.2) is 13.8 Å². The molecule has 0 saturated heterocycles. The Morgan fingerprint density at radius 2 is 1.93 bits per heavy atom. The van der Waals surface area contributed by atoms with Crippen molar-refractivity contribution in [3.8, 4) is 17.0 Å². The maximum absolute atomic E-state index is 12.8. The van der Waals surface area contributed by atoms with Gasteiger partial charge < -0.3 is 10.8 Å². The Kier molecular flexibility index (Phi) is 4.57. The fourth-order valence-corrected chi connectivity index (χ4v) is 2.92. The van der Waals surface area contributed by atoms with Gasteiger partial charge in [-0.1, -0.05) is 0 Å². The van der Waals surface area contributed by atoms with Crippen molar-refractivity contribution in [1.82, 2.24) is 4.98 Å². The van der Waals surface area contributed by atoms with Crippen LogP contribution in [0.15, 0.2) is 29.3 Å². The van der Waals surface area contributed by atoms with E-state index in [0.717, 1.165) is 6.07 Å². The van der Waals surface area contributed by atoms with Crippen LogP contribution in [0.25, 0.3) is 11.3 Å². The number of alkyl halides is 5. The molecule has 3 rings (SSSR count). The number of aromatic nitrogens is 1. The lowest BCUT2D eigenvalue weighted by Crippen LogP contribution is -2.38. The highest BCUT2D eigenvalue weighted by Gasteiger charge is 2.45. The summed E-state index contributed by atoms with van der Waals surface area (Å²) in [5.41, 5.74) is 5.80. The predicted molar refractivity (Wildman–Crippen MR) is 91.1 cm³/mol. The molecule has 1 aliphatic rings. The molecule has 0 atom stereocenters. The van der Waals surface area contributed by atoms with E-state index in [1.807, 2.05) is 0 Å². The van der Waals surface area contributed by atoms with Crippen molar-refractivity contribution in [3.63, 3.8) is 0 Å². The maximum Gasteiger partial charge on any atom is 0.416 e. The average molecular weight is 385 g/mol. The zero-order valence-corrected chi connectivity index (χ0v) is 14.2. The number of nitrogens with zero attached hydrogens (tertiary/aromatic N) is 2. The second-order valence-electron chi connectivity index (χ2n) is 6.55. The van der Waals surface area contributed by atoms with Crippen molar-refractivity contribution >= 4 is 12.0 Å². The molecule has 0 bridgehead atoms. The number of hydrogen-bond donors (Lipinski definition) is 2. The Bertz CT molecular complexity index is 877. The molecule has 27 heavy (non-hydrogen) atoms. The number of hydrogen-bond acceptors (Lipinski definition) is 4. The van der Waals surface area contributed by atoms with Crippen molar-refractivity contribution in [1.29, 1.82) is 0 Å². The quantitative estimate of drug-likeness (QED) is 0.600. The first-order valence-corrected chi connectivity index (χ1v) is 8.05. The average Bonchev–Trinajstić information content (AvgIpc) is 2.50. The lowest BCUT2D eigenvalue weighted by molar-refractivity contribution is -0.137. The third-order valence-electron chi connectivity index (χ3n) is 4.35. The van der Waals surface area contributed by atoms with Crippen LogP contribution in [0.3, 0.4) is 0 Å². The Labute approximate surface area is 151 Å². The van der Waals surface area contributed by atoms with E-state index in [4.69, 9.17) is 5.73 Å². The molecule has 0 radical (unpaired) electrons. The van der Waals surface area contributed by atoms with E-state index in [-0.39, 0.29) is 35.5 Å². The Hall–Kier alpha value is -2.71. The molecular formula is C18H16F5N3O. The molecule has 0 spiro atoms. The van der Waals surface area contributed by atoms with E-state index < -0.39 is 29.5 Å². The standard InChI is InChI=1S/C18H16F5N3O/c1-9-4-11(18(21,22)23)5-14(27)15(9)13-3-2-10(16(24)26-13)8-25-12-6-17(19,20)7-12/h2-5,8,12,27H,6-7H2,1H3,(H2,24,26). The molecule has 9 heteroatoms. The van der Waals surface area contributed by atoms with Gasteiger partial charge in [0, 0.05) is 30.2 Å². The monoisotopic (exact) mass is 385 g/mol. The number of phenols is 1. The molecule has 0 unspecified atom stereocenters. The molecule has 144 valence electrons. The molecule has 4 nitrogen and oxygen atoms in total. The third-order valence-corrected chi connectivity index (χ3v) is 4.35. The van der Waals surface area contributed by atoms with Crippen molar-refractivity contribution in [3.05, 3.63) is 41.0 Å². The van der Waals surface area contributed by atoms with Gasteiger partial charge in [0.2, 0.25) is 0 Å². The first-order valence-electron chi connectivity index (χ1n) is 8.05. The zero-order valence-electron chi connectivity index (χ0n) is 14.2. The minimum absolute atomic E-state index is 0.0287. The molecule has 1 fully saturated rings. The molecule has 2 aromatic rings. The first-order chi connectivity index (χ1) is 12.5. The summed E-state index contributed by atoms with van der Waals surface area (Å²) in [6.07, 6.45) is -3.85. The SMILES string of the molecule is Cc1cc(C(F)(F)F)cc(O)c1-c1ccc(C=NC2CC(F)(F)C2)c(N)n1. The Morgan fingerprint density at radius 3 is 2.44 bits per heavy atom. The largest absolute Gasteiger partial charge is 0.507 e. The zero-order chi connectivity index (χ0) is 20.0. The van der Waals surface area contributed by atoms with Gasteiger partial charge in [-0.2, -0.15) is 13.2 Å². The van der Waals surface area contributed by atoms with Crippen molar-refractivity contribution in [2.75, 3.05) is 5.73 Å². The predicted octanol–water partition coefficient (Wildman–Crippen LogP) is 4.58. The number of halogens is 5. The lowest BCUT2D eigenvalue weighted by Gasteiger charge is -2.31. The van der Waals surface area contributed by atoms with E-state index >= 15 is 0 Å². The van der Waals surface area contributed by atoms with Crippen LogP contribution in [0.4, 0.5) is 27.8 Å².